The molecular formula is C11H10ClF2NO2. The minimum Gasteiger partial charge on any atom is -0.434 e. The normalized spacial score (nSPS) is 10.1. The third kappa shape index (κ3) is 4.40. The van der Waals surface area contributed by atoms with Crippen LogP contribution >= 0.6 is 11.6 Å². The quantitative estimate of drug-likeness (QED) is 0.828. The van der Waals surface area contributed by atoms with Gasteiger partial charge in [0, 0.05) is 17.1 Å². The van der Waals surface area contributed by atoms with Gasteiger partial charge in [0.1, 0.15) is 5.75 Å². The van der Waals surface area contributed by atoms with Gasteiger partial charge in [-0.2, -0.15) is 8.78 Å². The molecule has 0 saturated heterocycles. The highest BCUT2D eigenvalue weighted by atomic mass is 35.5. The number of rotatable bonds is 5. The zero-order chi connectivity index (χ0) is 12.8. The van der Waals surface area contributed by atoms with Crippen LogP contribution in [-0.2, 0) is 11.3 Å². The van der Waals surface area contributed by atoms with Gasteiger partial charge in [0.15, 0.2) is 0 Å². The first kappa shape index (κ1) is 13.4. The van der Waals surface area contributed by atoms with E-state index in [1.165, 1.54) is 18.2 Å². The molecule has 0 radical (unpaired) electrons. The predicted octanol–water partition coefficient (Wildman–Crippen LogP) is 2.74. The Morgan fingerprint density at radius 3 is 2.88 bits per heavy atom. The highest BCUT2D eigenvalue weighted by Gasteiger charge is 2.10. The van der Waals surface area contributed by atoms with E-state index in [4.69, 9.17) is 11.6 Å². The van der Waals surface area contributed by atoms with Crippen molar-refractivity contribution in [1.82, 2.24) is 5.32 Å². The molecule has 92 valence electrons. The van der Waals surface area contributed by atoms with Gasteiger partial charge in [-0.15, -0.1) is 0 Å². The number of ether oxygens (including phenoxy) is 1. The highest BCUT2D eigenvalue weighted by Crippen LogP contribution is 2.24. The maximum atomic E-state index is 12.1. The third-order valence-electron chi connectivity index (χ3n) is 1.88. The van der Waals surface area contributed by atoms with Crippen LogP contribution in [-0.4, -0.2) is 12.5 Å². The molecule has 0 fully saturated rings. The number of carbonyl (C=O) groups excluding carboxylic acids is 1. The summed E-state index contributed by atoms with van der Waals surface area (Å²) >= 11 is 5.73. The first-order valence-electron chi connectivity index (χ1n) is 4.66. The third-order valence-corrected chi connectivity index (χ3v) is 2.11. The summed E-state index contributed by atoms with van der Waals surface area (Å²) in [5.41, 5.74) is 0.369. The fourth-order valence-corrected chi connectivity index (χ4v) is 1.35. The van der Waals surface area contributed by atoms with Gasteiger partial charge in [-0.25, -0.2) is 0 Å². The van der Waals surface area contributed by atoms with Crippen LogP contribution in [0.25, 0.3) is 0 Å². The molecule has 0 saturated carbocycles. The molecule has 17 heavy (non-hydrogen) atoms. The topological polar surface area (TPSA) is 38.3 Å². The lowest BCUT2D eigenvalue weighted by atomic mass is 10.2. The van der Waals surface area contributed by atoms with Gasteiger partial charge in [-0.3, -0.25) is 4.79 Å². The SMILES string of the molecule is C=CC(=O)NCc1cc(Cl)ccc1OC(F)F. The van der Waals surface area contributed by atoms with Crippen molar-refractivity contribution < 1.29 is 18.3 Å². The standard InChI is InChI=1S/C11H10ClF2NO2/c1-2-10(16)15-6-7-5-8(12)3-4-9(7)17-11(13)14/h2-5,11H,1,6H2,(H,15,16). The van der Waals surface area contributed by atoms with E-state index in [9.17, 15) is 13.6 Å². The average Bonchev–Trinajstić information content (AvgIpc) is 2.28. The molecule has 0 bridgehead atoms. The molecule has 0 aromatic heterocycles. The van der Waals surface area contributed by atoms with Crippen LogP contribution in [0.15, 0.2) is 30.9 Å². The van der Waals surface area contributed by atoms with Crippen LogP contribution < -0.4 is 10.1 Å². The Hall–Kier alpha value is -1.62. The number of hydrogen-bond donors (Lipinski definition) is 1. The minimum atomic E-state index is -2.93. The van der Waals surface area contributed by atoms with Crippen molar-refractivity contribution in [3.8, 4) is 5.75 Å². The van der Waals surface area contributed by atoms with E-state index < -0.39 is 12.5 Å². The Balaban J connectivity index is 2.83. The van der Waals surface area contributed by atoms with Crippen molar-refractivity contribution in [2.75, 3.05) is 0 Å². The van der Waals surface area contributed by atoms with E-state index in [-0.39, 0.29) is 12.3 Å². The number of halogens is 3. The van der Waals surface area contributed by atoms with Crippen LogP contribution in [0.3, 0.4) is 0 Å². The Morgan fingerprint density at radius 1 is 1.59 bits per heavy atom. The van der Waals surface area contributed by atoms with Gasteiger partial charge in [-0.05, 0) is 24.3 Å². The highest BCUT2D eigenvalue weighted by molar-refractivity contribution is 6.30. The number of benzene rings is 1. The molecule has 0 aliphatic carbocycles. The van der Waals surface area contributed by atoms with Gasteiger partial charge in [0.25, 0.3) is 0 Å². The van der Waals surface area contributed by atoms with Gasteiger partial charge < -0.3 is 10.1 Å². The number of alkyl halides is 2. The second kappa shape index (κ2) is 6.20. The van der Waals surface area contributed by atoms with Gasteiger partial charge in [0.05, 0.1) is 0 Å². The zero-order valence-corrected chi connectivity index (χ0v) is 9.51. The van der Waals surface area contributed by atoms with Crippen molar-refractivity contribution in [2.24, 2.45) is 0 Å². The molecule has 3 nitrogen and oxygen atoms in total. The smallest absolute Gasteiger partial charge is 0.387 e. The molecule has 6 heteroatoms. The van der Waals surface area contributed by atoms with E-state index in [1.807, 2.05) is 0 Å². The van der Waals surface area contributed by atoms with E-state index in [1.54, 1.807) is 0 Å². The lowest BCUT2D eigenvalue weighted by Crippen LogP contribution is -2.20. The fourth-order valence-electron chi connectivity index (χ4n) is 1.15. The van der Waals surface area contributed by atoms with Gasteiger partial charge in [0.2, 0.25) is 5.91 Å². The molecule has 1 rings (SSSR count). The Labute approximate surface area is 102 Å². The first-order valence-corrected chi connectivity index (χ1v) is 5.04. The minimum absolute atomic E-state index is 0.0197. The summed E-state index contributed by atoms with van der Waals surface area (Å²) in [5, 5.41) is 2.82. The summed E-state index contributed by atoms with van der Waals surface area (Å²) < 4.78 is 28.5. The lowest BCUT2D eigenvalue weighted by Gasteiger charge is -2.11. The van der Waals surface area contributed by atoms with Crippen LogP contribution in [0.1, 0.15) is 5.56 Å². The molecule has 0 aliphatic rings. The summed E-state index contributed by atoms with van der Waals surface area (Å²) in [4.78, 5) is 11.0. The van der Waals surface area contributed by atoms with Crippen molar-refractivity contribution in [2.45, 2.75) is 13.2 Å². The zero-order valence-electron chi connectivity index (χ0n) is 8.75. The fraction of sp³-hybridized carbons (Fsp3) is 0.182. The Morgan fingerprint density at radius 2 is 2.29 bits per heavy atom. The molecule has 0 unspecified atom stereocenters. The number of hydrogen-bond acceptors (Lipinski definition) is 2. The van der Waals surface area contributed by atoms with Crippen molar-refractivity contribution in [3.63, 3.8) is 0 Å². The van der Waals surface area contributed by atoms with Crippen LogP contribution in [0, 0.1) is 0 Å². The van der Waals surface area contributed by atoms with Crippen LogP contribution in [0.4, 0.5) is 8.78 Å². The maximum absolute atomic E-state index is 12.1. The molecule has 0 spiro atoms. The second-order valence-corrected chi connectivity index (χ2v) is 3.49. The molecule has 1 amide bonds. The molecule has 0 atom stereocenters. The van der Waals surface area contributed by atoms with E-state index in [2.05, 4.69) is 16.6 Å². The van der Waals surface area contributed by atoms with Crippen molar-refractivity contribution >= 4 is 17.5 Å². The van der Waals surface area contributed by atoms with E-state index >= 15 is 0 Å². The van der Waals surface area contributed by atoms with E-state index in [0.717, 1.165) is 6.08 Å². The molecule has 1 N–H and O–H groups in total. The van der Waals surface area contributed by atoms with Crippen LogP contribution in [0.5, 0.6) is 5.75 Å². The van der Waals surface area contributed by atoms with Crippen LogP contribution in [0.2, 0.25) is 5.02 Å². The maximum Gasteiger partial charge on any atom is 0.387 e. The summed E-state index contributed by atoms with van der Waals surface area (Å²) in [7, 11) is 0. The monoisotopic (exact) mass is 261 g/mol. The van der Waals surface area contributed by atoms with Gasteiger partial charge >= 0.3 is 6.61 Å². The van der Waals surface area contributed by atoms with E-state index in [0.29, 0.717) is 10.6 Å². The number of nitrogens with one attached hydrogen (secondary N) is 1. The molecular weight excluding hydrogens is 252 g/mol. The van der Waals surface area contributed by atoms with Crippen molar-refractivity contribution in [3.05, 3.63) is 41.4 Å². The summed E-state index contributed by atoms with van der Waals surface area (Å²) in [6.45, 7) is 0.381. The Bertz CT molecular complexity index is 424. The summed E-state index contributed by atoms with van der Waals surface area (Å²) in [5.74, 6) is -0.429. The average molecular weight is 262 g/mol. The Kier molecular flexibility index (Phi) is 4.90. The predicted molar refractivity (Wildman–Crippen MR) is 60.1 cm³/mol. The molecule has 1 aromatic carbocycles. The largest absolute Gasteiger partial charge is 0.434 e. The molecule has 1 aromatic rings. The lowest BCUT2D eigenvalue weighted by molar-refractivity contribution is -0.116. The van der Waals surface area contributed by atoms with Gasteiger partial charge in [-0.1, -0.05) is 18.2 Å². The molecule has 0 aliphatic heterocycles. The van der Waals surface area contributed by atoms with Crippen molar-refractivity contribution in [1.29, 1.82) is 0 Å². The first-order chi connectivity index (χ1) is 8.02. The number of amides is 1. The number of carbonyl (C=O) groups is 1. The second-order valence-electron chi connectivity index (χ2n) is 3.05. The summed E-state index contributed by atoms with van der Waals surface area (Å²) in [6.07, 6.45) is 1.08. The molecule has 0 heterocycles. The summed E-state index contributed by atoms with van der Waals surface area (Å²) in [6, 6.07) is 4.20.